The fourth-order valence-corrected chi connectivity index (χ4v) is 9.43. The molecule has 0 saturated heterocycles. The minimum absolute atomic E-state index is 0.265. The molecule has 0 amide bonds. The maximum absolute atomic E-state index is 2.49. The van der Waals surface area contributed by atoms with Crippen molar-refractivity contribution in [3.63, 3.8) is 0 Å². The lowest BCUT2D eigenvalue weighted by atomic mass is 9.77. The Balaban J connectivity index is 1.26. The largest absolute Gasteiger partial charge is 0.310 e. The zero-order chi connectivity index (χ0) is 39.0. The van der Waals surface area contributed by atoms with E-state index in [4.69, 9.17) is 0 Å². The number of benzene rings is 9. The first-order chi connectivity index (χ1) is 27.7. The van der Waals surface area contributed by atoms with Crippen molar-refractivity contribution in [1.29, 1.82) is 0 Å². The highest BCUT2D eigenvalue weighted by atomic mass is 15.1. The highest BCUT2D eigenvalue weighted by Gasteiger charge is 2.41. The molecular weight excluding hydrogens is 689 g/mol. The first-order valence-electron chi connectivity index (χ1n) is 20.1. The summed E-state index contributed by atoms with van der Waals surface area (Å²) in [5, 5.41) is 7.70. The Labute approximate surface area is 336 Å². The van der Waals surface area contributed by atoms with E-state index in [9.17, 15) is 0 Å². The first-order valence-corrected chi connectivity index (χ1v) is 20.1. The van der Waals surface area contributed by atoms with Crippen LogP contribution in [-0.4, -0.2) is 0 Å². The maximum Gasteiger partial charge on any atom is 0.0546 e. The summed E-state index contributed by atoms with van der Waals surface area (Å²) in [6.07, 6.45) is 0. The second-order valence-electron chi connectivity index (χ2n) is 16.5. The van der Waals surface area contributed by atoms with E-state index in [0.717, 1.165) is 28.4 Å². The molecule has 0 spiro atoms. The molecule has 0 aromatic heterocycles. The van der Waals surface area contributed by atoms with Crippen molar-refractivity contribution >= 4 is 66.4 Å². The van der Waals surface area contributed by atoms with Crippen LogP contribution in [-0.2, 0) is 5.41 Å². The molecule has 2 nitrogen and oxygen atoms in total. The average molecular weight is 735 g/mol. The van der Waals surface area contributed by atoms with Crippen molar-refractivity contribution in [2.24, 2.45) is 0 Å². The summed E-state index contributed by atoms with van der Waals surface area (Å²) in [4.78, 5) is 4.84. The molecule has 1 aliphatic carbocycles. The summed E-state index contributed by atoms with van der Waals surface area (Å²) in [6.45, 7) is 13.5. The van der Waals surface area contributed by atoms with E-state index in [1.807, 2.05) is 0 Å². The minimum atomic E-state index is -0.265. The molecule has 0 heterocycles. The highest BCUT2D eigenvalue weighted by Crippen LogP contribution is 2.59. The van der Waals surface area contributed by atoms with Crippen LogP contribution in [0.15, 0.2) is 170 Å². The third kappa shape index (κ3) is 5.62. The Morgan fingerprint density at radius 1 is 0.333 bits per heavy atom. The van der Waals surface area contributed by atoms with Gasteiger partial charge in [-0.25, -0.2) is 0 Å². The van der Waals surface area contributed by atoms with Crippen LogP contribution >= 0.6 is 0 Å². The molecule has 0 bridgehead atoms. The third-order valence-corrected chi connectivity index (χ3v) is 12.2. The number of hydrogen-bond acceptors (Lipinski definition) is 2. The smallest absolute Gasteiger partial charge is 0.0546 e. The Bertz CT molecular complexity index is 2900. The van der Waals surface area contributed by atoms with E-state index in [0.29, 0.717) is 0 Å². The lowest BCUT2D eigenvalue weighted by Crippen LogP contribution is -2.17. The third-order valence-electron chi connectivity index (χ3n) is 12.2. The number of fused-ring (bicyclic) bond motifs is 10. The van der Waals surface area contributed by atoms with Gasteiger partial charge in [-0.3, -0.25) is 0 Å². The van der Waals surface area contributed by atoms with Gasteiger partial charge in [0, 0.05) is 39.2 Å². The van der Waals surface area contributed by atoms with Crippen LogP contribution in [0.4, 0.5) is 34.1 Å². The van der Waals surface area contributed by atoms with Crippen LogP contribution in [0.2, 0.25) is 0 Å². The number of rotatable bonds is 6. The van der Waals surface area contributed by atoms with Crippen molar-refractivity contribution in [3.8, 4) is 11.1 Å². The van der Waals surface area contributed by atoms with Gasteiger partial charge in [-0.1, -0.05) is 139 Å². The van der Waals surface area contributed by atoms with Crippen LogP contribution in [0.25, 0.3) is 43.4 Å². The molecule has 9 aromatic carbocycles. The van der Waals surface area contributed by atoms with E-state index in [2.05, 4.69) is 221 Å². The van der Waals surface area contributed by atoms with Crippen molar-refractivity contribution in [1.82, 2.24) is 0 Å². The lowest BCUT2D eigenvalue weighted by molar-refractivity contribution is 0.672. The van der Waals surface area contributed by atoms with Crippen LogP contribution < -0.4 is 9.80 Å². The van der Waals surface area contributed by atoms with E-state index in [-0.39, 0.29) is 5.41 Å². The van der Waals surface area contributed by atoms with Crippen LogP contribution in [0.5, 0.6) is 0 Å². The quantitative estimate of drug-likeness (QED) is 0.157. The summed E-state index contributed by atoms with van der Waals surface area (Å²) < 4.78 is 0. The Kier molecular flexibility index (Phi) is 8.09. The van der Waals surface area contributed by atoms with Gasteiger partial charge in [-0.2, -0.15) is 0 Å². The molecule has 0 aliphatic heterocycles. The summed E-state index contributed by atoms with van der Waals surface area (Å²) in [5.74, 6) is 0. The molecule has 0 radical (unpaired) electrons. The van der Waals surface area contributed by atoms with Gasteiger partial charge in [-0.15, -0.1) is 0 Å². The predicted molar refractivity (Wildman–Crippen MR) is 245 cm³/mol. The summed E-state index contributed by atoms with van der Waals surface area (Å²) in [5.41, 5.74) is 17.1. The van der Waals surface area contributed by atoms with Crippen LogP contribution in [0.1, 0.15) is 47.2 Å². The van der Waals surface area contributed by atoms with Gasteiger partial charge in [0.25, 0.3) is 0 Å². The molecule has 0 fully saturated rings. The SMILES string of the molecule is Cc1ccc(N(c2ccc(C)cc2)c2ccc3c4c(c5ccccc5c3c2)-c2cc(N(c3ccc(C)cc3)c3ccc(C)cc3)c3ccccc3c2C4(C)C)cc1. The second-order valence-corrected chi connectivity index (χ2v) is 16.5. The zero-order valence-corrected chi connectivity index (χ0v) is 33.6. The molecule has 1 aliphatic rings. The minimum Gasteiger partial charge on any atom is -0.310 e. The summed E-state index contributed by atoms with van der Waals surface area (Å²) >= 11 is 0. The van der Waals surface area contributed by atoms with Crippen molar-refractivity contribution < 1.29 is 0 Å². The van der Waals surface area contributed by atoms with Crippen molar-refractivity contribution in [2.45, 2.75) is 47.0 Å². The van der Waals surface area contributed by atoms with Crippen molar-refractivity contribution in [2.75, 3.05) is 9.80 Å². The normalized spacial score (nSPS) is 12.9. The van der Waals surface area contributed by atoms with Gasteiger partial charge in [0.05, 0.1) is 5.69 Å². The van der Waals surface area contributed by atoms with E-state index >= 15 is 0 Å². The number of nitrogens with zero attached hydrogens (tertiary/aromatic N) is 2. The van der Waals surface area contributed by atoms with E-state index < -0.39 is 0 Å². The van der Waals surface area contributed by atoms with Crippen LogP contribution in [0.3, 0.4) is 0 Å². The lowest BCUT2D eigenvalue weighted by Gasteiger charge is -2.30. The highest BCUT2D eigenvalue weighted by molar-refractivity contribution is 6.21. The average Bonchev–Trinajstić information content (AvgIpc) is 3.47. The predicted octanol–water partition coefficient (Wildman–Crippen LogP) is 15.6. The van der Waals surface area contributed by atoms with Gasteiger partial charge in [-0.05, 0) is 144 Å². The number of aryl methyl sites for hydroxylation is 4. The fourth-order valence-electron chi connectivity index (χ4n) is 9.43. The van der Waals surface area contributed by atoms with Crippen LogP contribution in [0, 0.1) is 27.7 Å². The Hall–Kier alpha value is -6.64. The monoisotopic (exact) mass is 734 g/mol. The number of anilines is 6. The van der Waals surface area contributed by atoms with Crippen molar-refractivity contribution in [3.05, 3.63) is 203 Å². The molecule has 0 unspecified atom stereocenters. The summed E-state index contributed by atoms with van der Waals surface area (Å²) in [7, 11) is 0. The van der Waals surface area contributed by atoms with Gasteiger partial charge >= 0.3 is 0 Å². The molecule has 0 N–H and O–H groups in total. The standard InChI is InChI=1S/C55H46N2/c1-35-15-23-39(24-16-35)56(40-25-17-36(2)18-26-40)43-31-32-48-49(33-43)44-11-7-9-13-46(44)52-50-34-51(45-12-8-10-14-47(45)53(50)55(5,6)54(48)52)57(41-27-19-37(3)20-28-41)42-29-21-38(4)22-30-42/h7-34H,1-6H3. The van der Waals surface area contributed by atoms with Gasteiger partial charge in [0.2, 0.25) is 0 Å². The molecule has 10 rings (SSSR count). The molecular formula is C55H46N2. The molecule has 0 saturated carbocycles. The Morgan fingerprint density at radius 3 is 1.25 bits per heavy atom. The topological polar surface area (TPSA) is 6.48 Å². The Morgan fingerprint density at radius 2 is 0.737 bits per heavy atom. The van der Waals surface area contributed by atoms with E-state index in [1.165, 1.54) is 82.5 Å². The molecule has 0 atom stereocenters. The molecule has 9 aromatic rings. The van der Waals surface area contributed by atoms with Gasteiger partial charge in [0.15, 0.2) is 0 Å². The molecule has 2 heteroatoms. The zero-order valence-electron chi connectivity index (χ0n) is 33.6. The summed E-state index contributed by atoms with van der Waals surface area (Å²) in [6, 6.07) is 63.4. The fraction of sp³-hybridized carbons (Fsp3) is 0.127. The van der Waals surface area contributed by atoms with Gasteiger partial charge in [0.1, 0.15) is 0 Å². The van der Waals surface area contributed by atoms with E-state index in [1.54, 1.807) is 0 Å². The second kappa shape index (κ2) is 13.2. The molecule has 57 heavy (non-hydrogen) atoms. The molecule has 276 valence electrons. The first kappa shape index (κ1) is 34.8. The maximum atomic E-state index is 2.49. The number of hydrogen-bond donors (Lipinski definition) is 0. The van der Waals surface area contributed by atoms with Gasteiger partial charge < -0.3 is 9.80 Å².